The van der Waals surface area contributed by atoms with Gasteiger partial charge in [0.25, 0.3) is 5.91 Å². The van der Waals surface area contributed by atoms with Crippen molar-refractivity contribution < 1.29 is 22.7 Å². The van der Waals surface area contributed by atoms with Crippen molar-refractivity contribution >= 4 is 15.9 Å². The van der Waals surface area contributed by atoms with Crippen LogP contribution in [0.4, 0.5) is 0 Å². The maximum absolute atomic E-state index is 12.5. The lowest BCUT2D eigenvalue weighted by Gasteiger charge is -2.43. The number of carbonyl (C=O) groups is 1. The van der Waals surface area contributed by atoms with Crippen molar-refractivity contribution in [2.45, 2.75) is 6.42 Å². The molecule has 2 atom stereocenters. The van der Waals surface area contributed by atoms with Gasteiger partial charge in [-0.15, -0.1) is 0 Å². The normalized spacial score (nSPS) is 26.5. The lowest BCUT2D eigenvalue weighted by atomic mass is 9.73. The summed E-state index contributed by atoms with van der Waals surface area (Å²) in [7, 11) is -1.61. The molecule has 2 heterocycles. The van der Waals surface area contributed by atoms with E-state index in [0.29, 0.717) is 38.5 Å². The third-order valence-electron chi connectivity index (χ3n) is 5.46. The second kappa shape index (κ2) is 7.54. The highest BCUT2D eigenvalue weighted by atomic mass is 32.2. The number of hydrogen-bond donors (Lipinski definition) is 0. The van der Waals surface area contributed by atoms with E-state index in [-0.39, 0.29) is 23.8 Å². The number of sulfonamides is 1. The van der Waals surface area contributed by atoms with Crippen LogP contribution in [-0.4, -0.2) is 76.3 Å². The molecule has 1 aromatic rings. The average molecular weight is 382 g/mol. The first-order valence-corrected chi connectivity index (χ1v) is 10.6. The van der Waals surface area contributed by atoms with Crippen molar-refractivity contribution in [2.75, 3.05) is 52.8 Å². The monoisotopic (exact) mass is 382 g/mol. The molecule has 144 valence electrons. The molecule has 3 rings (SSSR count). The van der Waals surface area contributed by atoms with Gasteiger partial charge in [-0.25, -0.2) is 12.7 Å². The van der Waals surface area contributed by atoms with Crippen LogP contribution in [0, 0.1) is 11.3 Å². The highest BCUT2D eigenvalue weighted by Gasteiger charge is 2.52. The Kier molecular flexibility index (Phi) is 5.55. The number of amides is 1. The Balaban J connectivity index is 1.64. The van der Waals surface area contributed by atoms with Crippen LogP contribution in [-0.2, 0) is 19.6 Å². The van der Waals surface area contributed by atoms with Crippen LogP contribution in [0.1, 0.15) is 6.42 Å². The number of benzene rings is 1. The van der Waals surface area contributed by atoms with E-state index in [2.05, 4.69) is 0 Å². The summed E-state index contributed by atoms with van der Waals surface area (Å²) >= 11 is 0. The maximum atomic E-state index is 12.5. The zero-order valence-corrected chi connectivity index (χ0v) is 16.1. The third kappa shape index (κ3) is 4.02. The van der Waals surface area contributed by atoms with Crippen LogP contribution in [0.25, 0.3) is 0 Å². The van der Waals surface area contributed by atoms with E-state index in [9.17, 15) is 13.2 Å². The van der Waals surface area contributed by atoms with Gasteiger partial charge in [-0.2, -0.15) is 0 Å². The summed E-state index contributed by atoms with van der Waals surface area (Å²) in [4.78, 5) is 14.3. The predicted octanol–water partition coefficient (Wildman–Crippen LogP) is 0.822. The van der Waals surface area contributed by atoms with E-state index in [1.807, 2.05) is 30.3 Å². The number of hydrogen-bond acceptors (Lipinski definition) is 5. The molecule has 7 nitrogen and oxygen atoms in total. The van der Waals surface area contributed by atoms with E-state index < -0.39 is 10.0 Å². The highest BCUT2D eigenvalue weighted by molar-refractivity contribution is 7.88. The lowest BCUT2D eigenvalue weighted by Crippen LogP contribution is -2.51. The van der Waals surface area contributed by atoms with Gasteiger partial charge in [-0.3, -0.25) is 4.79 Å². The Morgan fingerprint density at radius 1 is 1.27 bits per heavy atom. The summed E-state index contributed by atoms with van der Waals surface area (Å²) in [5.74, 6) is 0.667. The number of ether oxygens (including phenoxy) is 2. The van der Waals surface area contributed by atoms with E-state index in [0.717, 1.165) is 6.42 Å². The van der Waals surface area contributed by atoms with Gasteiger partial charge in [0.1, 0.15) is 5.75 Å². The predicted molar refractivity (Wildman–Crippen MR) is 97.3 cm³/mol. The minimum Gasteiger partial charge on any atom is -0.484 e. The summed E-state index contributed by atoms with van der Waals surface area (Å²) in [6.07, 6.45) is 1.97. The maximum Gasteiger partial charge on any atom is 0.260 e. The molecule has 0 aliphatic carbocycles. The Hall–Kier alpha value is -1.64. The topological polar surface area (TPSA) is 76.2 Å². The van der Waals surface area contributed by atoms with Gasteiger partial charge < -0.3 is 14.4 Å². The second-order valence-corrected chi connectivity index (χ2v) is 9.22. The zero-order chi connectivity index (χ0) is 18.8. The summed E-state index contributed by atoms with van der Waals surface area (Å²) < 4.78 is 36.4. The van der Waals surface area contributed by atoms with E-state index >= 15 is 0 Å². The van der Waals surface area contributed by atoms with E-state index in [1.54, 1.807) is 12.0 Å². The number of carbonyl (C=O) groups excluding carboxylic acids is 1. The van der Waals surface area contributed by atoms with Crippen LogP contribution >= 0.6 is 0 Å². The summed E-state index contributed by atoms with van der Waals surface area (Å²) in [6.45, 7) is 2.52. The molecule has 1 amide bonds. The molecule has 2 aliphatic rings. The molecule has 1 aromatic carbocycles. The summed E-state index contributed by atoms with van der Waals surface area (Å²) in [5, 5.41) is 0. The Morgan fingerprint density at radius 3 is 2.65 bits per heavy atom. The van der Waals surface area contributed by atoms with Crippen molar-refractivity contribution in [3.63, 3.8) is 0 Å². The van der Waals surface area contributed by atoms with E-state index in [4.69, 9.17) is 9.47 Å². The fraction of sp³-hybridized carbons (Fsp3) is 0.611. The fourth-order valence-electron chi connectivity index (χ4n) is 3.99. The molecule has 2 aliphatic heterocycles. The van der Waals surface area contributed by atoms with Gasteiger partial charge >= 0.3 is 0 Å². The standard InChI is InChI=1S/C18H26N2O5S/c1-24-14-18-8-9-19(10-15(18)11-20(13-18)26(2,22)23)17(21)12-25-16-6-4-3-5-7-16/h3-7,15H,8-14H2,1-2H3/t15-,18+/m1/s1. The SMILES string of the molecule is COC[C@@]12CCN(C(=O)COc3ccccc3)C[C@@H]1CN(S(C)(=O)=O)C2. The molecule has 2 fully saturated rings. The minimum atomic E-state index is -3.25. The minimum absolute atomic E-state index is 0.0101. The largest absolute Gasteiger partial charge is 0.484 e. The van der Waals surface area contributed by atoms with Gasteiger partial charge in [0.2, 0.25) is 10.0 Å². The van der Waals surface area contributed by atoms with Gasteiger partial charge in [0.15, 0.2) is 6.61 Å². The first-order valence-electron chi connectivity index (χ1n) is 8.74. The van der Waals surface area contributed by atoms with Crippen molar-refractivity contribution in [1.29, 1.82) is 0 Å². The zero-order valence-electron chi connectivity index (χ0n) is 15.3. The molecular formula is C18H26N2O5S. The number of rotatable bonds is 6. The molecule has 0 N–H and O–H groups in total. The van der Waals surface area contributed by atoms with Crippen LogP contribution in [0.15, 0.2) is 30.3 Å². The average Bonchev–Trinajstić information content (AvgIpc) is 2.99. The molecule has 0 radical (unpaired) electrons. The molecule has 0 spiro atoms. The number of nitrogens with zero attached hydrogens (tertiary/aromatic N) is 2. The molecule has 0 saturated carbocycles. The lowest BCUT2D eigenvalue weighted by molar-refractivity contribution is -0.137. The molecule has 0 unspecified atom stereocenters. The molecular weight excluding hydrogens is 356 g/mol. The molecule has 8 heteroatoms. The molecule has 0 aromatic heterocycles. The highest BCUT2D eigenvalue weighted by Crippen LogP contribution is 2.43. The van der Waals surface area contributed by atoms with E-state index in [1.165, 1.54) is 10.6 Å². The fourth-order valence-corrected chi connectivity index (χ4v) is 4.93. The first kappa shape index (κ1) is 19.1. The van der Waals surface area contributed by atoms with Gasteiger partial charge in [0.05, 0.1) is 12.9 Å². The Bertz CT molecular complexity index is 739. The molecule has 2 saturated heterocycles. The Morgan fingerprint density at radius 2 is 2.00 bits per heavy atom. The van der Waals surface area contributed by atoms with Gasteiger partial charge in [0, 0.05) is 38.7 Å². The number of methoxy groups -OCH3 is 1. The van der Waals surface area contributed by atoms with Crippen LogP contribution in [0.2, 0.25) is 0 Å². The third-order valence-corrected chi connectivity index (χ3v) is 6.68. The van der Waals surface area contributed by atoms with Crippen molar-refractivity contribution in [3.05, 3.63) is 30.3 Å². The number of likely N-dealkylation sites (tertiary alicyclic amines) is 1. The number of fused-ring (bicyclic) bond motifs is 1. The van der Waals surface area contributed by atoms with Gasteiger partial charge in [-0.1, -0.05) is 18.2 Å². The summed E-state index contributed by atoms with van der Waals surface area (Å²) in [5.41, 5.74) is -0.213. The first-order chi connectivity index (χ1) is 12.3. The number of piperidine rings is 1. The second-order valence-electron chi connectivity index (χ2n) is 7.24. The number of para-hydroxylation sites is 1. The Labute approximate surface area is 154 Å². The summed E-state index contributed by atoms with van der Waals surface area (Å²) in [6, 6.07) is 9.24. The smallest absolute Gasteiger partial charge is 0.260 e. The molecule has 26 heavy (non-hydrogen) atoms. The van der Waals surface area contributed by atoms with Crippen molar-refractivity contribution in [1.82, 2.24) is 9.21 Å². The quantitative estimate of drug-likeness (QED) is 0.728. The van der Waals surface area contributed by atoms with Crippen LogP contribution in [0.5, 0.6) is 5.75 Å². The van der Waals surface area contributed by atoms with Crippen LogP contribution in [0.3, 0.4) is 0 Å². The van der Waals surface area contributed by atoms with Crippen molar-refractivity contribution in [3.8, 4) is 5.75 Å². The molecule has 0 bridgehead atoms. The van der Waals surface area contributed by atoms with Gasteiger partial charge in [-0.05, 0) is 24.5 Å². The van der Waals surface area contributed by atoms with Crippen LogP contribution < -0.4 is 4.74 Å². The van der Waals surface area contributed by atoms with Crippen molar-refractivity contribution in [2.24, 2.45) is 11.3 Å².